The van der Waals surface area contributed by atoms with E-state index in [1.807, 2.05) is 0 Å². The second-order valence-electron chi connectivity index (χ2n) is 4.97. The zero-order valence-corrected chi connectivity index (χ0v) is 11.7. The van der Waals surface area contributed by atoms with Crippen LogP contribution >= 0.6 is 0 Å². The Morgan fingerprint density at radius 1 is 1.18 bits per heavy atom. The van der Waals surface area contributed by atoms with E-state index in [-0.39, 0.29) is 5.48 Å². The molecule has 1 unspecified atom stereocenters. The van der Waals surface area contributed by atoms with Crippen molar-refractivity contribution in [2.45, 2.75) is 59.0 Å². The van der Waals surface area contributed by atoms with Crippen LogP contribution in [0.5, 0.6) is 0 Å². The first kappa shape index (κ1) is 18.5. The van der Waals surface area contributed by atoms with Gasteiger partial charge in [0.15, 0.2) is 0 Å². The lowest BCUT2D eigenvalue weighted by Crippen LogP contribution is -2.19. The lowest BCUT2D eigenvalue weighted by molar-refractivity contribution is 0.103. The molecule has 0 aromatic carbocycles. The molecule has 0 amide bonds. The van der Waals surface area contributed by atoms with E-state index >= 15 is 0 Å². The van der Waals surface area contributed by atoms with Gasteiger partial charge in [-0.05, 0) is 53.4 Å². The average Bonchev–Trinajstić information content (AvgIpc) is 2.17. The van der Waals surface area contributed by atoms with Crippen LogP contribution in [0.1, 0.15) is 53.4 Å². The Balaban J connectivity index is 0. The SMILES string of the molecule is C=CC(C)(O)CC/C=C(\C)CCC=C(C)C.O. The molecular weight excluding hydrogens is 212 g/mol. The molecule has 3 N–H and O–H groups in total. The topological polar surface area (TPSA) is 51.7 Å². The Kier molecular flexibility index (Phi) is 10.0. The van der Waals surface area contributed by atoms with Crippen LogP contribution in [0, 0.1) is 0 Å². The second kappa shape index (κ2) is 9.20. The summed E-state index contributed by atoms with van der Waals surface area (Å²) < 4.78 is 0. The molecule has 0 fully saturated rings. The van der Waals surface area contributed by atoms with Gasteiger partial charge in [0.25, 0.3) is 0 Å². The molecule has 17 heavy (non-hydrogen) atoms. The first-order valence-corrected chi connectivity index (χ1v) is 6.02. The molecule has 0 bridgehead atoms. The summed E-state index contributed by atoms with van der Waals surface area (Å²) in [5.41, 5.74) is 2.05. The molecule has 0 spiro atoms. The van der Waals surface area contributed by atoms with Crippen molar-refractivity contribution < 1.29 is 10.6 Å². The molecule has 2 nitrogen and oxygen atoms in total. The zero-order valence-electron chi connectivity index (χ0n) is 11.7. The molecule has 2 heteroatoms. The van der Waals surface area contributed by atoms with E-state index in [2.05, 4.69) is 39.5 Å². The number of allylic oxidation sites excluding steroid dienone is 4. The molecule has 0 aromatic rings. The summed E-state index contributed by atoms with van der Waals surface area (Å²) >= 11 is 0. The first-order chi connectivity index (χ1) is 7.37. The first-order valence-electron chi connectivity index (χ1n) is 6.02. The van der Waals surface area contributed by atoms with Gasteiger partial charge in [-0.2, -0.15) is 0 Å². The molecule has 0 radical (unpaired) electrons. The third-order valence-corrected chi connectivity index (χ3v) is 2.67. The van der Waals surface area contributed by atoms with Gasteiger partial charge in [-0.3, -0.25) is 0 Å². The lowest BCUT2D eigenvalue weighted by atomic mass is 9.99. The van der Waals surface area contributed by atoms with Crippen molar-refractivity contribution in [3.63, 3.8) is 0 Å². The lowest BCUT2D eigenvalue weighted by Gasteiger charge is -2.16. The normalized spacial score (nSPS) is 14.5. The van der Waals surface area contributed by atoms with Crippen molar-refractivity contribution >= 4 is 0 Å². The Bertz CT molecular complexity index is 269. The molecule has 0 saturated heterocycles. The van der Waals surface area contributed by atoms with Crippen LogP contribution in [0.25, 0.3) is 0 Å². The maximum Gasteiger partial charge on any atom is 0.0800 e. The van der Waals surface area contributed by atoms with E-state index < -0.39 is 5.60 Å². The summed E-state index contributed by atoms with van der Waals surface area (Å²) in [6.45, 7) is 11.8. The van der Waals surface area contributed by atoms with Crippen molar-refractivity contribution in [3.05, 3.63) is 36.0 Å². The Hall–Kier alpha value is -0.860. The van der Waals surface area contributed by atoms with Gasteiger partial charge in [0, 0.05) is 0 Å². The number of aliphatic hydroxyl groups is 1. The third-order valence-electron chi connectivity index (χ3n) is 2.67. The van der Waals surface area contributed by atoms with Crippen LogP contribution in [0.2, 0.25) is 0 Å². The standard InChI is InChI=1S/C15H26O.H2O/c1-6-15(5,16)12-8-11-14(4)10-7-9-13(2)3;/h6,9,11,16H,1,7-8,10,12H2,2-5H3;1H2/b14-11+;. The van der Waals surface area contributed by atoms with Crippen LogP contribution in [0.3, 0.4) is 0 Å². The van der Waals surface area contributed by atoms with Gasteiger partial charge < -0.3 is 10.6 Å². The fraction of sp³-hybridized carbons (Fsp3) is 0.600. The minimum atomic E-state index is -0.726. The zero-order chi connectivity index (χ0) is 12.6. The fourth-order valence-corrected chi connectivity index (χ4v) is 1.40. The van der Waals surface area contributed by atoms with E-state index in [9.17, 15) is 5.11 Å². The van der Waals surface area contributed by atoms with Crippen molar-refractivity contribution in [2.24, 2.45) is 0 Å². The highest BCUT2D eigenvalue weighted by Gasteiger charge is 2.12. The Labute approximate surface area is 106 Å². The Morgan fingerprint density at radius 2 is 1.76 bits per heavy atom. The predicted molar refractivity (Wildman–Crippen MR) is 76.1 cm³/mol. The van der Waals surface area contributed by atoms with Crippen molar-refractivity contribution in [1.29, 1.82) is 0 Å². The van der Waals surface area contributed by atoms with E-state index in [0.29, 0.717) is 0 Å². The van der Waals surface area contributed by atoms with Gasteiger partial charge in [-0.15, -0.1) is 6.58 Å². The number of hydrogen-bond acceptors (Lipinski definition) is 1. The van der Waals surface area contributed by atoms with Gasteiger partial charge in [-0.25, -0.2) is 0 Å². The van der Waals surface area contributed by atoms with Crippen LogP contribution in [-0.2, 0) is 0 Å². The van der Waals surface area contributed by atoms with Crippen molar-refractivity contribution in [1.82, 2.24) is 0 Å². The minimum absolute atomic E-state index is 0. The highest BCUT2D eigenvalue weighted by molar-refractivity contribution is 5.03. The maximum absolute atomic E-state index is 9.73. The van der Waals surface area contributed by atoms with Gasteiger partial charge in [0.1, 0.15) is 0 Å². The average molecular weight is 240 g/mol. The quantitative estimate of drug-likeness (QED) is 0.679. The van der Waals surface area contributed by atoms with E-state index in [0.717, 1.165) is 25.7 Å². The largest absolute Gasteiger partial charge is 0.412 e. The number of rotatable bonds is 7. The van der Waals surface area contributed by atoms with E-state index in [4.69, 9.17) is 0 Å². The highest BCUT2D eigenvalue weighted by Crippen LogP contribution is 2.15. The molecule has 0 saturated carbocycles. The third kappa shape index (κ3) is 11.4. The van der Waals surface area contributed by atoms with E-state index in [1.54, 1.807) is 13.0 Å². The molecular formula is C15H28O2. The maximum atomic E-state index is 9.73. The molecule has 0 heterocycles. The van der Waals surface area contributed by atoms with Crippen LogP contribution < -0.4 is 0 Å². The van der Waals surface area contributed by atoms with Crippen LogP contribution in [0.4, 0.5) is 0 Å². The summed E-state index contributed by atoms with van der Waals surface area (Å²) in [6.07, 6.45) is 9.98. The fourth-order valence-electron chi connectivity index (χ4n) is 1.40. The number of hydrogen-bond donors (Lipinski definition) is 1. The van der Waals surface area contributed by atoms with Crippen LogP contribution in [-0.4, -0.2) is 16.2 Å². The van der Waals surface area contributed by atoms with E-state index in [1.165, 1.54) is 11.1 Å². The van der Waals surface area contributed by atoms with Gasteiger partial charge in [-0.1, -0.05) is 29.4 Å². The molecule has 0 aliphatic carbocycles. The van der Waals surface area contributed by atoms with Gasteiger partial charge in [0.05, 0.1) is 5.60 Å². The monoisotopic (exact) mass is 240 g/mol. The summed E-state index contributed by atoms with van der Waals surface area (Å²) in [4.78, 5) is 0. The van der Waals surface area contributed by atoms with Crippen molar-refractivity contribution in [2.75, 3.05) is 0 Å². The minimum Gasteiger partial charge on any atom is -0.412 e. The summed E-state index contributed by atoms with van der Waals surface area (Å²) in [5.74, 6) is 0. The highest BCUT2D eigenvalue weighted by atomic mass is 16.3. The molecule has 100 valence electrons. The molecule has 0 aliphatic heterocycles. The summed E-state index contributed by atoms with van der Waals surface area (Å²) in [6, 6.07) is 0. The molecule has 0 rings (SSSR count). The summed E-state index contributed by atoms with van der Waals surface area (Å²) in [5, 5.41) is 9.73. The predicted octanol–water partition coefficient (Wildman–Crippen LogP) is 3.57. The van der Waals surface area contributed by atoms with Crippen molar-refractivity contribution in [3.8, 4) is 0 Å². The Morgan fingerprint density at radius 3 is 2.24 bits per heavy atom. The summed E-state index contributed by atoms with van der Waals surface area (Å²) in [7, 11) is 0. The molecule has 0 aromatic heterocycles. The smallest absolute Gasteiger partial charge is 0.0800 e. The van der Waals surface area contributed by atoms with Crippen LogP contribution in [0.15, 0.2) is 36.0 Å². The van der Waals surface area contributed by atoms with Gasteiger partial charge in [0.2, 0.25) is 0 Å². The molecule has 1 atom stereocenters. The second-order valence-corrected chi connectivity index (χ2v) is 4.97. The molecule has 0 aliphatic rings. The van der Waals surface area contributed by atoms with Gasteiger partial charge >= 0.3 is 0 Å².